The van der Waals surface area contributed by atoms with Crippen molar-refractivity contribution in [2.45, 2.75) is 12.6 Å². The van der Waals surface area contributed by atoms with Crippen LogP contribution in [0.15, 0.2) is 30.5 Å². The van der Waals surface area contributed by atoms with Crippen LogP contribution >= 0.6 is 0 Å². The highest BCUT2D eigenvalue weighted by Crippen LogP contribution is 2.35. The molecule has 7 heteroatoms. The van der Waals surface area contributed by atoms with Gasteiger partial charge in [0.25, 0.3) is 0 Å². The smallest absolute Gasteiger partial charge is 0.379 e. The molecule has 4 nitrogen and oxygen atoms in total. The topological polar surface area (TPSA) is 28.6 Å². The van der Waals surface area contributed by atoms with E-state index in [1.807, 2.05) is 6.07 Å². The number of hydrogen-bond donors (Lipinski definition) is 0. The predicted octanol–water partition coefficient (Wildman–Crippen LogP) is 3.41. The van der Waals surface area contributed by atoms with Crippen molar-refractivity contribution in [1.29, 1.82) is 0 Å². The van der Waals surface area contributed by atoms with Crippen LogP contribution in [0.2, 0.25) is 0 Å². The Labute approximate surface area is 150 Å². The van der Waals surface area contributed by atoms with Crippen LogP contribution in [-0.4, -0.2) is 55.8 Å². The summed E-state index contributed by atoms with van der Waals surface area (Å²) in [5.41, 5.74) is 0.725. The van der Waals surface area contributed by atoms with Gasteiger partial charge in [0.1, 0.15) is 0 Å². The largest absolute Gasteiger partial charge is 0.416 e. The molecule has 2 saturated heterocycles. The summed E-state index contributed by atoms with van der Waals surface area (Å²) in [7, 11) is 0. The monoisotopic (exact) mass is 365 g/mol. The molecule has 0 spiro atoms. The minimum atomic E-state index is -4.34. The number of anilines is 1. The lowest BCUT2D eigenvalue weighted by Gasteiger charge is -2.29. The van der Waals surface area contributed by atoms with Crippen LogP contribution in [0.1, 0.15) is 12.0 Å². The zero-order chi connectivity index (χ0) is 18.1. The molecule has 26 heavy (non-hydrogen) atoms. The third-order valence-corrected chi connectivity index (χ3v) is 5.29. The molecular weight excluding hydrogens is 343 g/mol. The summed E-state index contributed by atoms with van der Waals surface area (Å²) >= 11 is 0. The van der Waals surface area contributed by atoms with Crippen molar-refractivity contribution >= 4 is 16.6 Å². The molecule has 2 fully saturated rings. The van der Waals surface area contributed by atoms with E-state index < -0.39 is 11.7 Å². The maximum absolute atomic E-state index is 12.9. The Kier molecular flexibility index (Phi) is 4.75. The fraction of sp³-hybridized carbons (Fsp3) is 0.526. The molecule has 1 aromatic carbocycles. The first-order valence-electron chi connectivity index (χ1n) is 9.02. The van der Waals surface area contributed by atoms with E-state index in [4.69, 9.17) is 4.74 Å². The Morgan fingerprint density at radius 2 is 1.92 bits per heavy atom. The number of alkyl halides is 3. The minimum Gasteiger partial charge on any atom is -0.379 e. The van der Waals surface area contributed by atoms with Crippen molar-refractivity contribution in [3.8, 4) is 0 Å². The number of morpholine rings is 1. The average Bonchev–Trinajstić information content (AvgIpc) is 3.09. The van der Waals surface area contributed by atoms with E-state index in [1.54, 1.807) is 12.3 Å². The maximum atomic E-state index is 12.9. The second kappa shape index (κ2) is 7.04. The highest BCUT2D eigenvalue weighted by molar-refractivity contribution is 5.92. The van der Waals surface area contributed by atoms with Gasteiger partial charge in [-0.1, -0.05) is 6.07 Å². The van der Waals surface area contributed by atoms with E-state index in [2.05, 4.69) is 14.8 Å². The Bertz CT molecular complexity index is 774. The van der Waals surface area contributed by atoms with Crippen molar-refractivity contribution in [1.82, 2.24) is 9.88 Å². The molecule has 0 radical (unpaired) electrons. The molecule has 0 amide bonds. The maximum Gasteiger partial charge on any atom is 0.416 e. The summed E-state index contributed by atoms with van der Waals surface area (Å²) in [6.07, 6.45) is -1.64. The highest BCUT2D eigenvalue weighted by atomic mass is 19.4. The van der Waals surface area contributed by atoms with E-state index >= 15 is 0 Å². The van der Waals surface area contributed by atoms with Crippen LogP contribution in [-0.2, 0) is 10.9 Å². The molecule has 3 heterocycles. The van der Waals surface area contributed by atoms with Crippen LogP contribution in [0, 0.1) is 5.92 Å². The van der Waals surface area contributed by atoms with Gasteiger partial charge >= 0.3 is 6.18 Å². The fourth-order valence-electron chi connectivity index (χ4n) is 3.93. The quantitative estimate of drug-likeness (QED) is 0.834. The highest BCUT2D eigenvalue weighted by Gasteiger charge is 2.31. The van der Waals surface area contributed by atoms with Crippen molar-refractivity contribution in [3.05, 3.63) is 36.0 Å². The molecule has 2 aromatic rings. The molecule has 4 rings (SSSR count). The summed E-state index contributed by atoms with van der Waals surface area (Å²) < 4.78 is 44.2. The molecular formula is C19H22F3N3O. The standard InChI is InChI=1S/C19H22F3N3O/c20-19(21,22)15-1-2-16-17(11-15)23-5-3-18(16)25-6-4-14(13-25)12-24-7-9-26-10-8-24/h1-3,5,11,14H,4,6-10,12-13H2. The fourth-order valence-corrected chi connectivity index (χ4v) is 3.93. The minimum absolute atomic E-state index is 0.397. The zero-order valence-corrected chi connectivity index (χ0v) is 14.5. The normalized spacial score (nSPS) is 22.3. The van der Waals surface area contributed by atoms with Gasteiger partial charge in [0.05, 0.1) is 24.3 Å². The summed E-state index contributed by atoms with van der Waals surface area (Å²) in [4.78, 5) is 8.87. The summed E-state index contributed by atoms with van der Waals surface area (Å²) in [6, 6.07) is 5.75. The third kappa shape index (κ3) is 3.64. The molecule has 1 atom stereocenters. The SMILES string of the molecule is FC(F)(F)c1ccc2c(N3CCC(CN4CCOCC4)C3)ccnc2c1. The Hall–Kier alpha value is -1.86. The molecule has 140 valence electrons. The Balaban J connectivity index is 1.51. The number of hydrogen-bond acceptors (Lipinski definition) is 4. The molecule has 0 bridgehead atoms. The van der Waals surface area contributed by atoms with E-state index in [0.717, 1.165) is 75.6 Å². The lowest BCUT2D eigenvalue weighted by atomic mass is 10.1. The number of pyridine rings is 1. The van der Waals surface area contributed by atoms with Gasteiger partial charge in [0, 0.05) is 50.0 Å². The number of ether oxygens (including phenoxy) is 1. The van der Waals surface area contributed by atoms with Gasteiger partial charge in [-0.25, -0.2) is 0 Å². The average molecular weight is 365 g/mol. The van der Waals surface area contributed by atoms with Gasteiger partial charge in [-0.05, 0) is 30.5 Å². The summed E-state index contributed by atoms with van der Waals surface area (Å²) in [5.74, 6) is 0.575. The number of halogens is 3. The van der Waals surface area contributed by atoms with Gasteiger partial charge in [-0.15, -0.1) is 0 Å². The number of benzene rings is 1. The molecule has 1 unspecified atom stereocenters. The summed E-state index contributed by atoms with van der Waals surface area (Å²) in [5, 5.41) is 0.785. The van der Waals surface area contributed by atoms with Crippen LogP contribution in [0.4, 0.5) is 18.9 Å². The second-order valence-electron chi connectivity index (χ2n) is 7.07. The first-order chi connectivity index (χ1) is 12.5. The van der Waals surface area contributed by atoms with Crippen molar-refractivity contribution < 1.29 is 17.9 Å². The van der Waals surface area contributed by atoms with Crippen molar-refractivity contribution in [2.24, 2.45) is 5.92 Å². The van der Waals surface area contributed by atoms with E-state index in [1.165, 1.54) is 0 Å². The first-order valence-corrected chi connectivity index (χ1v) is 9.02. The summed E-state index contributed by atoms with van der Waals surface area (Å²) in [6.45, 7) is 6.47. The molecule has 1 aromatic heterocycles. The number of aromatic nitrogens is 1. The lowest BCUT2D eigenvalue weighted by Crippen LogP contribution is -2.39. The van der Waals surface area contributed by atoms with Gasteiger partial charge in [0.15, 0.2) is 0 Å². The molecule has 0 saturated carbocycles. The lowest BCUT2D eigenvalue weighted by molar-refractivity contribution is -0.137. The third-order valence-electron chi connectivity index (χ3n) is 5.29. The number of nitrogens with zero attached hydrogens (tertiary/aromatic N) is 3. The molecule has 0 aliphatic carbocycles. The van der Waals surface area contributed by atoms with Gasteiger partial charge in [0.2, 0.25) is 0 Å². The van der Waals surface area contributed by atoms with Crippen molar-refractivity contribution in [3.63, 3.8) is 0 Å². The van der Waals surface area contributed by atoms with E-state index in [-0.39, 0.29) is 0 Å². The van der Waals surface area contributed by atoms with Crippen LogP contribution in [0.25, 0.3) is 10.9 Å². The second-order valence-corrected chi connectivity index (χ2v) is 7.07. The van der Waals surface area contributed by atoms with Gasteiger partial charge in [-0.3, -0.25) is 9.88 Å². The molecule has 2 aliphatic heterocycles. The van der Waals surface area contributed by atoms with E-state index in [0.29, 0.717) is 11.4 Å². The van der Waals surface area contributed by atoms with Gasteiger partial charge in [-0.2, -0.15) is 13.2 Å². The van der Waals surface area contributed by atoms with Crippen LogP contribution in [0.3, 0.4) is 0 Å². The number of fused-ring (bicyclic) bond motifs is 1. The van der Waals surface area contributed by atoms with Gasteiger partial charge < -0.3 is 9.64 Å². The number of rotatable bonds is 3. The van der Waals surface area contributed by atoms with E-state index in [9.17, 15) is 13.2 Å². The van der Waals surface area contributed by atoms with Crippen LogP contribution in [0.5, 0.6) is 0 Å². The Morgan fingerprint density at radius 3 is 2.69 bits per heavy atom. The van der Waals surface area contributed by atoms with Crippen molar-refractivity contribution in [2.75, 3.05) is 50.8 Å². The predicted molar refractivity (Wildman–Crippen MR) is 94.3 cm³/mol. The molecule has 0 N–H and O–H groups in total. The molecule has 2 aliphatic rings. The van der Waals surface area contributed by atoms with Crippen LogP contribution < -0.4 is 4.90 Å². The first kappa shape index (κ1) is 17.5. The zero-order valence-electron chi connectivity index (χ0n) is 14.5. The Morgan fingerprint density at radius 1 is 1.12 bits per heavy atom.